The normalized spacial score (nSPS) is 18.6. The second-order valence-corrected chi connectivity index (χ2v) is 6.56. The van der Waals surface area contributed by atoms with Crippen molar-refractivity contribution in [3.8, 4) is 0 Å². The van der Waals surface area contributed by atoms with Crippen molar-refractivity contribution in [2.45, 2.75) is 12.5 Å². The molecule has 1 heterocycles. The summed E-state index contributed by atoms with van der Waals surface area (Å²) in [7, 11) is 2.05. The fraction of sp³-hybridized carbons (Fsp3) is 0.316. The maximum absolute atomic E-state index is 14.0. The first kappa shape index (κ1) is 16.9. The Morgan fingerprint density at radius 2 is 1.92 bits per heavy atom. The molecule has 2 aromatic carbocycles. The number of hydrogen-bond acceptors (Lipinski definition) is 2. The molecule has 24 heavy (non-hydrogen) atoms. The molecule has 0 aliphatic carbocycles. The third kappa shape index (κ3) is 3.60. The van der Waals surface area contributed by atoms with Gasteiger partial charge in [-0.1, -0.05) is 48.0 Å². The SMILES string of the molecule is CN1CCN(C(=O)Cc2c(F)cccc2Cl)C(c2ccccc2)C1. The van der Waals surface area contributed by atoms with Crippen LogP contribution < -0.4 is 0 Å². The summed E-state index contributed by atoms with van der Waals surface area (Å²) in [5.74, 6) is -0.523. The highest BCUT2D eigenvalue weighted by atomic mass is 35.5. The van der Waals surface area contributed by atoms with E-state index in [4.69, 9.17) is 11.6 Å². The quantitative estimate of drug-likeness (QED) is 0.848. The van der Waals surface area contributed by atoms with Crippen LogP contribution in [0.3, 0.4) is 0 Å². The van der Waals surface area contributed by atoms with Gasteiger partial charge in [0.15, 0.2) is 0 Å². The molecule has 0 spiro atoms. The van der Waals surface area contributed by atoms with E-state index in [0.717, 1.165) is 18.7 Å². The summed E-state index contributed by atoms with van der Waals surface area (Å²) < 4.78 is 14.0. The fourth-order valence-corrected chi connectivity index (χ4v) is 3.36. The first-order valence-electron chi connectivity index (χ1n) is 8.02. The number of likely N-dealkylation sites (N-methyl/N-ethyl adjacent to an activating group) is 1. The first-order valence-corrected chi connectivity index (χ1v) is 8.40. The highest BCUT2D eigenvalue weighted by Gasteiger charge is 2.30. The van der Waals surface area contributed by atoms with E-state index >= 15 is 0 Å². The molecule has 0 saturated carbocycles. The van der Waals surface area contributed by atoms with Crippen molar-refractivity contribution in [3.63, 3.8) is 0 Å². The van der Waals surface area contributed by atoms with E-state index in [-0.39, 0.29) is 23.9 Å². The van der Waals surface area contributed by atoms with Gasteiger partial charge in [-0.3, -0.25) is 4.79 Å². The van der Waals surface area contributed by atoms with Crippen LogP contribution in [0, 0.1) is 5.82 Å². The molecule has 5 heteroatoms. The number of piperazine rings is 1. The van der Waals surface area contributed by atoms with E-state index in [2.05, 4.69) is 4.90 Å². The molecule has 0 aromatic heterocycles. The predicted octanol–water partition coefficient (Wildman–Crippen LogP) is 3.54. The maximum atomic E-state index is 14.0. The van der Waals surface area contributed by atoms with Crippen molar-refractivity contribution >= 4 is 17.5 Å². The minimum absolute atomic E-state index is 0.0153. The largest absolute Gasteiger partial charge is 0.333 e. The summed E-state index contributed by atoms with van der Waals surface area (Å²) >= 11 is 6.07. The van der Waals surface area contributed by atoms with Gasteiger partial charge in [0.05, 0.1) is 12.5 Å². The Balaban J connectivity index is 1.84. The molecular weight excluding hydrogens is 327 g/mol. The van der Waals surface area contributed by atoms with Crippen LogP contribution in [0.2, 0.25) is 5.02 Å². The monoisotopic (exact) mass is 346 g/mol. The van der Waals surface area contributed by atoms with Crippen LogP contribution >= 0.6 is 11.6 Å². The summed E-state index contributed by atoms with van der Waals surface area (Å²) in [5.41, 5.74) is 1.37. The van der Waals surface area contributed by atoms with Gasteiger partial charge in [-0.15, -0.1) is 0 Å². The van der Waals surface area contributed by atoms with Gasteiger partial charge >= 0.3 is 0 Å². The van der Waals surface area contributed by atoms with Crippen LogP contribution in [0.5, 0.6) is 0 Å². The van der Waals surface area contributed by atoms with Gasteiger partial charge in [0.2, 0.25) is 5.91 Å². The van der Waals surface area contributed by atoms with Crippen LogP contribution in [0.25, 0.3) is 0 Å². The zero-order valence-corrected chi connectivity index (χ0v) is 14.3. The number of carbonyl (C=O) groups excluding carboxylic acids is 1. The van der Waals surface area contributed by atoms with Gasteiger partial charge in [-0.2, -0.15) is 0 Å². The lowest BCUT2D eigenvalue weighted by Crippen LogP contribution is -2.49. The van der Waals surface area contributed by atoms with Crippen LogP contribution in [-0.4, -0.2) is 42.4 Å². The minimum Gasteiger partial charge on any atom is -0.333 e. The molecule has 1 amide bonds. The lowest BCUT2D eigenvalue weighted by atomic mass is 10.0. The minimum atomic E-state index is -0.429. The number of hydrogen-bond donors (Lipinski definition) is 0. The summed E-state index contributed by atoms with van der Waals surface area (Å²) in [6, 6.07) is 14.4. The highest BCUT2D eigenvalue weighted by Crippen LogP contribution is 2.27. The molecular formula is C19H20ClFN2O. The number of rotatable bonds is 3. The Hall–Kier alpha value is -1.91. The molecule has 0 N–H and O–H groups in total. The smallest absolute Gasteiger partial charge is 0.227 e. The van der Waals surface area contributed by atoms with Crippen molar-refractivity contribution in [3.05, 3.63) is 70.5 Å². The molecule has 3 nitrogen and oxygen atoms in total. The molecule has 0 bridgehead atoms. The van der Waals surface area contributed by atoms with E-state index in [1.807, 2.05) is 42.3 Å². The average molecular weight is 347 g/mol. The topological polar surface area (TPSA) is 23.6 Å². The Kier molecular flexibility index (Phi) is 5.17. The standard InChI is InChI=1S/C19H20ClFN2O/c1-22-10-11-23(18(13-22)14-6-3-2-4-7-14)19(24)12-15-16(20)8-5-9-17(15)21/h2-9,18H,10-13H2,1H3. The molecule has 126 valence electrons. The van der Waals surface area contributed by atoms with Gasteiger partial charge in [-0.25, -0.2) is 4.39 Å². The summed E-state index contributed by atoms with van der Waals surface area (Å²) in [6.45, 7) is 2.20. The molecule has 1 aliphatic rings. The first-order chi connectivity index (χ1) is 11.6. The average Bonchev–Trinajstić information content (AvgIpc) is 2.59. The Bertz CT molecular complexity index is 702. The third-order valence-corrected chi connectivity index (χ3v) is 4.83. The third-order valence-electron chi connectivity index (χ3n) is 4.48. The second-order valence-electron chi connectivity index (χ2n) is 6.15. The summed E-state index contributed by atoms with van der Waals surface area (Å²) in [5, 5.41) is 0.300. The van der Waals surface area contributed by atoms with E-state index in [9.17, 15) is 9.18 Å². The Morgan fingerprint density at radius 1 is 1.17 bits per heavy atom. The molecule has 1 atom stereocenters. The molecule has 1 fully saturated rings. The zero-order valence-electron chi connectivity index (χ0n) is 13.6. The number of benzene rings is 2. The summed E-state index contributed by atoms with van der Waals surface area (Å²) in [4.78, 5) is 16.9. The van der Waals surface area contributed by atoms with Gasteiger partial charge in [0.1, 0.15) is 5.82 Å². The van der Waals surface area contributed by atoms with Crippen molar-refractivity contribution in [2.75, 3.05) is 26.7 Å². The van der Waals surface area contributed by atoms with Crippen molar-refractivity contribution in [2.24, 2.45) is 0 Å². The van der Waals surface area contributed by atoms with Gasteiger partial charge in [0.25, 0.3) is 0 Å². The fourth-order valence-electron chi connectivity index (χ4n) is 3.13. The number of nitrogens with zero attached hydrogens (tertiary/aromatic N) is 2. The predicted molar refractivity (Wildman–Crippen MR) is 93.5 cm³/mol. The van der Waals surface area contributed by atoms with Crippen molar-refractivity contribution in [1.82, 2.24) is 9.80 Å². The maximum Gasteiger partial charge on any atom is 0.227 e. The van der Waals surface area contributed by atoms with Crippen molar-refractivity contribution < 1.29 is 9.18 Å². The molecule has 3 rings (SSSR count). The molecule has 0 radical (unpaired) electrons. The Labute approximate surface area is 146 Å². The number of halogens is 2. The van der Waals surface area contributed by atoms with Crippen LogP contribution in [0.15, 0.2) is 48.5 Å². The van der Waals surface area contributed by atoms with Gasteiger partial charge in [-0.05, 0) is 24.7 Å². The van der Waals surface area contributed by atoms with Crippen LogP contribution in [-0.2, 0) is 11.2 Å². The molecule has 1 saturated heterocycles. The molecule has 1 unspecified atom stereocenters. The lowest BCUT2D eigenvalue weighted by Gasteiger charge is -2.40. The number of carbonyl (C=O) groups is 1. The van der Waals surface area contributed by atoms with Crippen LogP contribution in [0.4, 0.5) is 4.39 Å². The van der Waals surface area contributed by atoms with E-state index < -0.39 is 5.82 Å². The van der Waals surface area contributed by atoms with E-state index in [1.54, 1.807) is 12.1 Å². The van der Waals surface area contributed by atoms with Crippen molar-refractivity contribution in [1.29, 1.82) is 0 Å². The van der Waals surface area contributed by atoms with E-state index in [1.165, 1.54) is 6.07 Å². The molecule has 2 aromatic rings. The second kappa shape index (κ2) is 7.32. The molecule has 1 aliphatic heterocycles. The Morgan fingerprint density at radius 3 is 2.62 bits per heavy atom. The van der Waals surface area contributed by atoms with Crippen LogP contribution in [0.1, 0.15) is 17.2 Å². The van der Waals surface area contributed by atoms with E-state index in [0.29, 0.717) is 11.6 Å². The zero-order chi connectivity index (χ0) is 17.1. The highest BCUT2D eigenvalue weighted by molar-refractivity contribution is 6.31. The number of amides is 1. The lowest BCUT2D eigenvalue weighted by molar-refractivity contribution is -0.135. The summed E-state index contributed by atoms with van der Waals surface area (Å²) in [6.07, 6.45) is -0.0153. The van der Waals surface area contributed by atoms with Gasteiger partial charge in [0, 0.05) is 30.2 Å². The van der Waals surface area contributed by atoms with Gasteiger partial charge < -0.3 is 9.80 Å².